The molecule has 1 aliphatic rings. The number of carbonyl (C=O) groups excluding carboxylic acids is 1. The fourth-order valence-electron chi connectivity index (χ4n) is 3.05. The fraction of sp³-hybridized carbons (Fsp3) is 0.333. The number of hydrogen-bond acceptors (Lipinski definition) is 3. The number of nitrogens with one attached hydrogen (secondary N) is 1. The van der Waals surface area contributed by atoms with Crippen LogP contribution >= 0.6 is 0 Å². The average Bonchev–Trinajstić information content (AvgIpc) is 2.56. The molecule has 0 aliphatic heterocycles. The molecule has 1 N–H and O–H groups in total. The lowest BCUT2D eigenvalue weighted by molar-refractivity contribution is -0.0499. The zero-order chi connectivity index (χ0) is 18.0. The number of amides is 1. The molecule has 0 bridgehead atoms. The lowest BCUT2D eigenvalue weighted by atomic mass is 9.87. The van der Waals surface area contributed by atoms with Crippen molar-refractivity contribution in [1.29, 1.82) is 0 Å². The number of aromatic nitrogens is 1. The number of ether oxygens (including phenoxy) is 1. The molecular formula is C18H18F2N2O3. The summed E-state index contributed by atoms with van der Waals surface area (Å²) in [6.07, 6.45) is 3.86. The number of carbonyl (C=O) groups is 1. The third-order valence-corrected chi connectivity index (χ3v) is 4.33. The minimum absolute atomic E-state index is 0.118. The molecular weight excluding hydrogens is 330 g/mol. The van der Waals surface area contributed by atoms with Crippen molar-refractivity contribution >= 4 is 5.91 Å². The number of halogens is 2. The van der Waals surface area contributed by atoms with Crippen LogP contribution in [0.4, 0.5) is 8.78 Å². The molecule has 0 saturated carbocycles. The van der Waals surface area contributed by atoms with E-state index in [9.17, 15) is 18.4 Å². The monoisotopic (exact) mass is 348 g/mol. The van der Waals surface area contributed by atoms with Gasteiger partial charge in [-0.15, -0.1) is 0 Å². The SMILES string of the molecule is Cn1ccc(C(=O)N[C@H]2CCCc3cc(OC(F)F)ccc32)cc1=O. The van der Waals surface area contributed by atoms with Crippen LogP contribution in [-0.2, 0) is 13.5 Å². The number of aryl methyl sites for hydroxylation is 2. The molecule has 0 fully saturated rings. The molecule has 132 valence electrons. The van der Waals surface area contributed by atoms with Crippen LogP contribution in [-0.4, -0.2) is 17.1 Å². The van der Waals surface area contributed by atoms with E-state index in [-0.39, 0.29) is 23.3 Å². The molecule has 7 heteroatoms. The van der Waals surface area contributed by atoms with E-state index >= 15 is 0 Å². The average molecular weight is 348 g/mol. The summed E-state index contributed by atoms with van der Waals surface area (Å²) in [5.74, 6) is -0.212. The summed E-state index contributed by atoms with van der Waals surface area (Å²) < 4.78 is 30.5. The van der Waals surface area contributed by atoms with Gasteiger partial charge in [-0.05, 0) is 48.6 Å². The molecule has 1 aliphatic carbocycles. The highest BCUT2D eigenvalue weighted by Gasteiger charge is 2.23. The topological polar surface area (TPSA) is 60.3 Å². The van der Waals surface area contributed by atoms with Crippen molar-refractivity contribution in [2.75, 3.05) is 0 Å². The van der Waals surface area contributed by atoms with Gasteiger partial charge in [-0.25, -0.2) is 0 Å². The van der Waals surface area contributed by atoms with Crippen molar-refractivity contribution in [3.8, 4) is 5.75 Å². The number of benzene rings is 1. The molecule has 5 nitrogen and oxygen atoms in total. The third kappa shape index (κ3) is 3.87. The van der Waals surface area contributed by atoms with Crippen molar-refractivity contribution in [3.63, 3.8) is 0 Å². The van der Waals surface area contributed by atoms with Gasteiger partial charge in [-0.3, -0.25) is 9.59 Å². The molecule has 1 atom stereocenters. The Hall–Kier alpha value is -2.70. The third-order valence-electron chi connectivity index (χ3n) is 4.33. The number of pyridine rings is 1. The summed E-state index contributed by atoms with van der Waals surface area (Å²) >= 11 is 0. The van der Waals surface area contributed by atoms with Gasteiger partial charge in [0.05, 0.1) is 6.04 Å². The number of alkyl halides is 2. The van der Waals surface area contributed by atoms with Crippen molar-refractivity contribution in [1.82, 2.24) is 9.88 Å². The molecule has 0 unspecified atom stereocenters. The zero-order valence-electron chi connectivity index (χ0n) is 13.7. The molecule has 1 aromatic carbocycles. The van der Waals surface area contributed by atoms with Crippen LogP contribution in [0.25, 0.3) is 0 Å². The molecule has 1 heterocycles. The van der Waals surface area contributed by atoms with E-state index in [2.05, 4.69) is 10.1 Å². The van der Waals surface area contributed by atoms with Crippen LogP contribution in [0.1, 0.15) is 40.4 Å². The summed E-state index contributed by atoms with van der Waals surface area (Å²) in [5.41, 5.74) is 1.82. The van der Waals surface area contributed by atoms with Crippen LogP contribution in [0.15, 0.2) is 41.3 Å². The first kappa shape index (κ1) is 17.1. The minimum atomic E-state index is -2.86. The molecule has 1 amide bonds. The van der Waals surface area contributed by atoms with E-state index in [0.717, 1.165) is 30.4 Å². The minimum Gasteiger partial charge on any atom is -0.435 e. The van der Waals surface area contributed by atoms with E-state index in [1.807, 2.05) is 0 Å². The predicted octanol–water partition coefficient (Wildman–Crippen LogP) is 2.79. The Morgan fingerprint density at radius 3 is 2.84 bits per heavy atom. The summed E-state index contributed by atoms with van der Waals surface area (Å²) in [6.45, 7) is -2.86. The highest BCUT2D eigenvalue weighted by Crippen LogP contribution is 2.32. The Kier molecular flexibility index (Phi) is 4.83. The van der Waals surface area contributed by atoms with E-state index in [1.54, 1.807) is 31.4 Å². The van der Waals surface area contributed by atoms with Crippen LogP contribution in [0, 0.1) is 0 Å². The second-order valence-electron chi connectivity index (χ2n) is 6.02. The van der Waals surface area contributed by atoms with Gasteiger partial charge >= 0.3 is 6.61 Å². The van der Waals surface area contributed by atoms with Crippen molar-refractivity contribution < 1.29 is 18.3 Å². The van der Waals surface area contributed by atoms with Crippen LogP contribution in [0.3, 0.4) is 0 Å². The molecule has 2 aromatic rings. The van der Waals surface area contributed by atoms with E-state index < -0.39 is 6.61 Å². The van der Waals surface area contributed by atoms with E-state index in [1.165, 1.54) is 16.7 Å². The summed E-state index contributed by atoms with van der Waals surface area (Å²) in [5, 5.41) is 2.92. The first-order chi connectivity index (χ1) is 11.9. The lowest BCUT2D eigenvalue weighted by Gasteiger charge is -2.27. The van der Waals surface area contributed by atoms with Gasteiger partial charge in [0.25, 0.3) is 11.5 Å². The smallest absolute Gasteiger partial charge is 0.387 e. The Balaban J connectivity index is 1.79. The summed E-state index contributed by atoms with van der Waals surface area (Å²) in [6, 6.07) is 7.44. The molecule has 0 radical (unpaired) electrons. The molecule has 1 aromatic heterocycles. The van der Waals surface area contributed by atoms with Crippen LogP contribution < -0.4 is 15.6 Å². The first-order valence-electron chi connectivity index (χ1n) is 7.99. The predicted molar refractivity (Wildman–Crippen MR) is 87.9 cm³/mol. The highest BCUT2D eigenvalue weighted by atomic mass is 19.3. The normalized spacial score (nSPS) is 16.4. The maximum absolute atomic E-state index is 12.4. The number of nitrogens with zero attached hydrogens (tertiary/aromatic N) is 1. The maximum atomic E-state index is 12.4. The fourth-order valence-corrected chi connectivity index (χ4v) is 3.05. The highest BCUT2D eigenvalue weighted by molar-refractivity contribution is 5.94. The number of rotatable bonds is 4. The standard InChI is InChI=1S/C18H18F2N2O3/c1-22-8-7-12(10-16(22)23)17(24)21-15-4-2-3-11-9-13(25-18(19)20)5-6-14(11)15/h5-10,15,18H,2-4H2,1H3,(H,21,24)/t15-/m0/s1. The van der Waals surface area contributed by atoms with Crippen molar-refractivity contribution in [2.24, 2.45) is 7.05 Å². The summed E-state index contributed by atoms with van der Waals surface area (Å²) in [7, 11) is 1.61. The van der Waals surface area contributed by atoms with Gasteiger partial charge in [0.1, 0.15) is 5.75 Å². The van der Waals surface area contributed by atoms with Gasteiger partial charge < -0.3 is 14.6 Å². The van der Waals surface area contributed by atoms with Gasteiger partial charge in [0.15, 0.2) is 0 Å². The van der Waals surface area contributed by atoms with Gasteiger partial charge in [-0.1, -0.05) is 6.07 Å². The molecule has 3 rings (SSSR count). The Bertz CT molecular complexity index is 848. The Labute approximate surface area is 143 Å². The molecule has 0 spiro atoms. The Morgan fingerprint density at radius 1 is 1.32 bits per heavy atom. The van der Waals surface area contributed by atoms with E-state index in [0.29, 0.717) is 5.56 Å². The first-order valence-corrected chi connectivity index (χ1v) is 7.99. The van der Waals surface area contributed by atoms with Gasteiger partial charge in [-0.2, -0.15) is 8.78 Å². The second-order valence-corrected chi connectivity index (χ2v) is 6.02. The largest absolute Gasteiger partial charge is 0.435 e. The van der Waals surface area contributed by atoms with Gasteiger partial charge in [0, 0.05) is 24.9 Å². The van der Waals surface area contributed by atoms with Crippen LogP contribution in [0.2, 0.25) is 0 Å². The van der Waals surface area contributed by atoms with Crippen molar-refractivity contribution in [2.45, 2.75) is 31.9 Å². The Morgan fingerprint density at radius 2 is 2.12 bits per heavy atom. The van der Waals surface area contributed by atoms with Crippen LogP contribution in [0.5, 0.6) is 5.75 Å². The van der Waals surface area contributed by atoms with E-state index in [4.69, 9.17) is 0 Å². The lowest BCUT2D eigenvalue weighted by Crippen LogP contribution is -2.32. The molecule has 25 heavy (non-hydrogen) atoms. The zero-order valence-corrected chi connectivity index (χ0v) is 13.7. The maximum Gasteiger partial charge on any atom is 0.387 e. The van der Waals surface area contributed by atoms with Gasteiger partial charge in [0.2, 0.25) is 0 Å². The number of hydrogen-bond donors (Lipinski definition) is 1. The van der Waals surface area contributed by atoms with Crippen molar-refractivity contribution in [3.05, 3.63) is 63.6 Å². The number of fused-ring (bicyclic) bond motifs is 1. The molecule has 0 saturated heterocycles. The quantitative estimate of drug-likeness (QED) is 0.924. The summed E-state index contributed by atoms with van der Waals surface area (Å²) in [4.78, 5) is 24.1. The second kappa shape index (κ2) is 7.04.